The van der Waals surface area contributed by atoms with Crippen molar-refractivity contribution in [1.82, 2.24) is 0 Å². The van der Waals surface area contributed by atoms with Crippen LogP contribution in [-0.4, -0.2) is 20.0 Å². The second-order valence-electron chi connectivity index (χ2n) is 6.86. The zero-order valence-corrected chi connectivity index (χ0v) is 17.1. The lowest BCUT2D eigenvalue weighted by Gasteiger charge is -2.03. The Morgan fingerprint density at radius 3 is 1.56 bits per heavy atom. The first-order valence-corrected chi connectivity index (χ1v) is 10.9. The summed E-state index contributed by atoms with van der Waals surface area (Å²) in [5.74, 6) is 0. The number of hydrogen-bond donors (Lipinski definition) is 0. The van der Waals surface area contributed by atoms with Crippen LogP contribution in [0.2, 0.25) is 0 Å². The molecule has 0 aromatic heterocycles. The molecular formula is C23H44O2. The lowest BCUT2D eigenvalue weighted by Crippen LogP contribution is -2.02. The highest BCUT2D eigenvalue weighted by atomic mass is 16.7. The van der Waals surface area contributed by atoms with E-state index < -0.39 is 0 Å². The normalized spacial score (nSPS) is 11.9. The van der Waals surface area contributed by atoms with Crippen LogP contribution in [0, 0.1) is 0 Å². The van der Waals surface area contributed by atoms with E-state index in [0.717, 1.165) is 26.1 Å². The predicted octanol–water partition coefficient (Wildman–Crippen LogP) is 7.59. The molecule has 0 bridgehead atoms. The third-order valence-electron chi connectivity index (χ3n) is 4.29. The molecule has 0 saturated heterocycles. The first kappa shape index (κ1) is 24.4. The number of hydrogen-bond acceptors (Lipinski definition) is 2. The minimum absolute atomic E-state index is 0.447. The molecule has 0 aliphatic heterocycles. The van der Waals surface area contributed by atoms with Gasteiger partial charge in [-0.2, -0.15) is 0 Å². The number of ether oxygens (including phenoxy) is 2. The van der Waals surface area contributed by atoms with Crippen molar-refractivity contribution in [1.29, 1.82) is 0 Å². The van der Waals surface area contributed by atoms with E-state index in [2.05, 4.69) is 38.2 Å². The fraction of sp³-hybridized carbons (Fsp3) is 0.826. The maximum atomic E-state index is 5.42. The van der Waals surface area contributed by atoms with Gasteiger partial charge in [-0.1, -0.05) is 83.1 Å². The summed E-state index contributed by atoms with van der Waals surface area (Å²) < 4.78 is 10.8. The van der Waals surface area contributed by atoms with Crippen molar-refractivity contribution in [3.05, 3.63) is 24.3 Å². The molecule has 2 nitrogen and oxygen atoms in total. The smallest absolute Gasteiger partial charge is 0.146 e. The van der Waals surface area contributed by atoms with E-state index in [-0.39, 0.29) is 0 Å². The number of allylic oxidation sites excluding steroid dienone is 3. The van der Waals surface area contributed by atoms with Crippen molar-refractivity contribution in [2.75, 3.05) is 20.0 Å². The molecule has 0 rings (SSSR count). The third-order valence-corrected chi connectivity index (χ3v) is 4.29. The molecule has 0 aromatic carbocycles. The van der Waals surface area contributed by atoms with Crippen LogP contribution in [0.4, 0.5) is 0 Å². The van der Waals surface area contributed by atoms with Crippen molar-refractivity contribution in [2.45, 2.75) is 104 Å². The molecule has 0 aromatic rings. The van der Waals surface area contributed by atoms with E-state index in [9.17, 15) is 0 Å². The molecule has 0 radical (unpaired) electrons. The van der Waals surface area contributed by atoms with E-state index in [1.165, 1.54) is 77.0 Å². The quantitative estimate of drug-likeness (QED) is 0.128. The second kappa shape index (κ2) is 23.4. The van der Waals surface area contributed by atoms with Crippen LogP contribution in [0.15, 0.2) is 24.3 Å². The van der Waals surface area contributed by atoms with Gasteiger partial charge in [-0.25, -0.2) is 0 Å². The summed E-state index contributed by atoms with van der Waals surface area (Å²) in [7, 11) is 0. The summed E-state index contributed by atoms with van der Waals surface area (Å²) in [4.78, 5) is 0. The van der Waals surface area contributed by atoms with Gasteiger partial charge in [0.1, 0.15) is 6.79 Å². The first-order chi connectivity index (χ1) is 12.4. The van der Waals surface area contributed by atoms with Gasteiger partial charge in [-0.05, 0) is 44.9 Å². The van der Waals surface area contributed by atoms with Crippen LogP contribution in [-0.2, 0) is 9.47 Å². The Labute approximate surface area is 158 Å². The summed E-state index contributed by atoms with van der Waals surface area (Å²) >= 11 is 0. The van der Waals surface area contributed by atoms with Gasteiger partial charge in [0.15, 0.2) is 0 Å². The van der Waals surface area contributed by atoms with Crippen LogP contribution in [0.25, 0.3) is 0 Å². The molecule has 25 heavy (non-hydrogen) atoms. The summed E-state index contributed by atoms with van der Waals surface area (Å²) in [6, 6.07) is 0. The van der Waals surface area contributed by atoms with Crippen molar-refractivity contribution in [3.8, 4) is 0 Å². The molecule has 0 amide bonds. The maximum Gasteiger partial charge on any atom is 0.146 e. The van der Waals surface area contributed by atoms with Crippen LogP contribution in [0.5, 0.6) is 0 Å². The largest absolute Gasteiger partial charge is 0.355 e. The van der Waals surface area contributed by atoms with Gasteiger partial charge in [0.2, 0.25) is 0 Å². The van der Waals surface area contributed by atoms with E-state index in [4.69, 9.17) is 9.47 Å². The van der Waals surface area contributed by atoms with Gasteiger partial charge in [0.25, 0.3) is 0 Å². The lowest BCUT2D eigenvalue weighted by atomic mass is 10.1. The van der Waals surface area contributed by atoms with Gasteiger partial charge >= 0.3 is 0 Å². The van der Waals surface area contributed by atoms with Gasteiger partial charge in [-0.3, -0.25) is 0 Å². The SMILES string of the molecule is CCCC/C=C/CCCCCCCC/C=C/CCOCOCCCC. The maximum absolute atomic E-state index is 5.42. The minimum Gasteiger partial charge on any atom is -0.355 e. The minimum atomic E-state index is 0.447. The van der Waals surface area contributed by atoms with Crippen LogP contribution >= 0.6 is 0 Å². The fourth-order valence-corrected chi connectivity index (χ4v) is 2.60. The molecule has 0 fully saturated rings. The van der Waals surface area contributed by atoms with Crippen molar-refractivity contribution >= 4 is 0 Å². The zero-order valence-electron chi connectivity index (χ0n) is 17.1. The third kappa shape index (κ3) is 23.4. The molecule has 0 atom stereocenters. The summed E-state index contributed by atoms with van der Waals surface area (Å²) in [5.41, 5.74) is 0. The fourth-order valence-electron chi connectivity index (χ4n) is 2.60. The Hall–Kier alpha value is -0.600. The van der Waals surface area contributed by atoms with Crippen LogP contribution < -0.4 is 0 Å². The molecule has 0 N–H and O–H groups in total. The summed E-state index contributed by atoms with van der Waals surface area (Å²) in [6.45, 7) is 6.47. The molecule has 0 aliphatic carbocycles. The van der Waals surface area contributed by atoms with Crippen molar-refractivity contribution in [2.24, 2.45) is 0 Å². The lowest BCUT2D eigenvalue weighted by molar-refractivity contribution is -0.0528. The number of unbranched alkanes of at least 4 members (excludes halogenated alkanes) is 10. The van der Waals surface area contributed by atoms with Crippen LogP contribution in [0.3, 0.4) is 0 Å². The monoisotopic (exact) mass is 352 g/mol. The molecule has 0 heterocycles. The average molecular weight is 353 g/mol. The predicted molar refractivity (Wildman–Crippen MR) is 111 cm³/mol. The van der Waals surface area contributed by atoms with Crippen LogP contribution in [0.1, 0.15) is 104 Å². The summed E-state index contributed by atoms with van der Waals surface area (Å²) in [6.07, 6.45) is 27.3. The van der Waals surface area contributed by atoms with Gasteiger partial charge < -0.3 is 9.47 Å². The molecule has 0 unspecified atom stereocenters. The Kier molecular flexibility index (Phi) is 22.8. The topological polar surface area (TPSA) is 18.5 Å². The Morgan fingerprint density at radius 2 is 0.960 bits per heavy atom. The molecular weight excluding hydrogens is 308 g/mol. The first-order valence-electron chi connectivity index (χ1n) is 10.9. The van der Waals surface area contributed by atoms with E-state index in [1.807, 2.05) is 0 Å². The second-order valence-corrected chi connectivity index (χ2v) is 6.86. The molecule has 0 aliphatic rings. The van der Waals surface area contributed by atoms with E-state index >= 15 is 0 Å². The van der Waals surface area contributed by atoms with Crippen molar-refractivity contribution in [3.63, 3.8) is 0 Å². The van der Waals surface area contributed by atoms with E-state index in [1.54, 1.807) is 0 Å². The summed E-state index contributed by atoms with van der Waals surface area (Å²) in [5, 5.41) is 0. The van der Waals surface area contributed by atoms with Gasteiger partial charge in [0, 0.05) is 6.61 Å². The van der Waals surface area contributed by atoms with Gasteiger partial charge in [0.05, 0.1) is 6.61 Å². The zero-order chi connectivity index (χ0) is 18.3. The number of rotatable bonds is 20. The Bertz CT molecular complexity index is 284. The Balaban J connectivity index is 3.09. The average Bonchev–Trinajstić information content (AvgIpc) is 2.63. The highest BCUT2D eigenvalue weighted by Crippen LogP contribution is 2.09. The van der Waals surface area contributed by atoms with Crippen molar-refractivity contribution < 1.29 is 9.47 Å². The molecule has 0 spiro atoms. The molecule has 0 saturated carbocycles. The Morgan fingerprint density at radius 1 is 0.480 bits per heavy atom. The van der Waals surface area contributed by atoms with E-state index in [0.29, 0.717) is 6.79 Å². The molecule has 148 valence electrons. The molecule has 2 heteroatoms. The highest BCUT2D eigenvalue weighted by Gasteiger charge is 1.91. The standard InChI is InChI=1S/C23H44O2/c1-3-5-7-8-9-10-11-12-13-14-15-16-17-18-19-20-22-25-23-24-21-6-4-2/h8-9,18-19H,3-7,10-17,20-23H2,1-2H3/b9-8+,19-18+. The van der Waals surface area contributed by atoms with Gasteiger partial charge in [-0.15, -0.1) is 0 Å². The highest BCUT2D eigenvalue weighted by molar-refractivity contribution is 4.82.